The molecule has 0 spiro atoms. The number of fused-ring (bicyclic) bond motifs is 1. The van der Waals surface area contributed by atoms with E-state index in [1.54, 1.807) is 24.3 Å². The van der Waals surface area contributed by atoms with Crippen LogP contribution in [-0.4, -0.2) is 18.8 Å². The standard InChI is InChI=1S/C24H20F3NO3/c25-24(26,27)21-11-5-4-9-19(21)18-10-6-12-22-20(18)13-17(31-22)15-30-23(29)28-14-16-7-2-1-3-8-16/h1-12,17H,13-15H2,(H,28,29). The lowest BCUT2D eigenvalue weighted by atomic mass is 9.93. The first kappa shape index (κ1) is 20.8. The number of carbonyl (C=O) groups is 1. The van der Waals surface area contributed by atoms with Crippen LogP contribution in [0.15, 0.2) is 72.8 Å². The van der Waals surface area contributed by atoms with Crippen LogP contribution in [0.3, 0.4) is 0 Å². The summed E-state index contributed by atoms with van der Waals surface area (Å²) in [6.07, 6.45) is -5.15. The number of hydrogen-bond donors (Lipinski definition) is 1. The average molecular weight is 427 g/mol. The minimum absolute atomic E-state index is 0.00430. The Morgan fingerprint density at radius 1 is 0.968 bits per heavy atom. The van der Waals surface area contributed by atoms with Gasteiger partial charge in [0, 0.05) is 18.5 Å². The maximum Gasteiger partial charge on any atom is 0.417 e. The predicted molar refractivity (Wildman–Crippen MR) is 110 cm³/mol. The normalized spacial score (nSPS) is 15.1. The first-order valence-corrected chi connectivity index (χ1v) is 9.81. The summed E-state index contributed by atoms with van der Waals surface area (Å²) in [6.45, 7) is 0.333. The van der Waals surface area contributed by atoms with Crippen molar-refractivity contribution in [1.29, 1.82) is 0 Å². The molecule has 1 unspecified atom stereocenters. The summed E-state index contributed by atoms with van der Waals surface area (Å²) in [5, 5.41) is 2.66. The molecule has 3 aromatic carbocycles. The third-order valence-electron chi connectivity index (χ3n) is 5.06. The van der Waals surface area contributed by atoms with Gasteiger partial charge < -0.3 is 14.8 Å². The Balaban J connectivity index is 1.42. The molecule has 1 amide bonds. The second-order valence-electron chi connectivity index (χ2n) is 7.21. The van der Waals surface area contributed by atoms with Crippen LogP contribution in [0.2, 0.25) is 0 Å². The molecule has 4 nitrogen and oxygen atoms in total. The first-order chi connectivity index (χ1) is 14.9. The molecule has 1 atom stereocenters. The van der Waals surface area contributed by atoms with Gasteiger partial charge in [-0.05, 0) is 28.8 Å². The highest BCUT2D eigenvalue weighted by atomic mass is 19.4. The highest BCUT2D eigenvalue weighted by Gasteiger charge is 2.35. The lowest BCUT2D eigenvalue weighted by Crippen LogP contribution is -2.29. The Morgan fingerprint density at radius 3 is 2.45 bits per heavy atom. The second kappa shape index (κ2) is 8.71. The quantitative estimate of drug-likeness (QED) is 0.576. The van der Waals surface area contributed by atoms with E-state index in [9.17, 15) is 18.0 Å². The molecule has 160 valence electrons. The molecule has 7 heteroatoms. The minimum atomic E-state index is -4.46. The van der Waals surface area contributed by atoms with Gasteiger partial charge in [0.25, 0.3) is 0 Å². The fourth-order valence-corrected chi connectivity index (χ4v) is 3.64. The van der Waals surface area contributed by atoms with Crippen LogP contribution in [0, 0.1) is 0 Å². The number of alkyl carbamates (subject to hydrolysis) is 1. The molecule has 0 saturated carbocycles. The second-order valence-corrected chi connectivity index (χ2v) is 7.21. The number of halogens is 3. The number of rotatable bonds is 5. The lowest BCUT2D eigenvalue weighted by Gasteiger charge is -2.14. The third kappa shape index (κ3) is 4.82. The van der Waals surface area contributed by atoms with Gasteiger partial charge in [-0.1, -0.05) is 60.7 Å². The third-order valence-corrected chi connectivity index (χ3v) is 5.06. The van der Waals surface area contributed by atoms with E-state index < -0.39 is 23.9 Å². The van der Waals surface area contributed by atoms with Gasteiger partial charge in [0.15, 0.2) is 0 Å². The zero-order chi connectivity index (χ0) is 21.8. The Morgan fingerprint density at radius 2 is 1.68 bits per heavy atom. The van der Waals surface area contributed by atoms with Crippen molar-refractivity contribution in [2.75, 3.05) is 6.61 Å². The van der Waals surface area contributed by atoms with Crippen LogP contribution >= 0.6 is 0 Å². The van der Waals surface area contributed by atoms with E-state index >= 15 is 0 Å². The van der Waals surface area contributed by atoms with Crippen LogP contribution in [0.25, 0.3) is 11.1 Å². The zero-order valence-electron chi connectivity index (χ0n) is 16.5. The Kier molecular flexibility index (Phi) is 5.84. The van der Waals surface area contributed by atoms with Crippen molar-refractivity contribution >= 4 is 6.09 Å². The summed E-state index contributed by atoms with van der Waals surface area (Å²) in [5.74, 6) is 0.507. The number of hydrogen-bond acceptors (Lipinski definition) is 3. The average Bonchev–Trinajstić information content (AvgIpc) is 3.19. The molecule has 3 aromatic rings. The van der Waals surface area contributed by atoms with E-state index in [1.165, 1.54) is 12.1 Å². The van der Waals surface area contributed by atoms with Crippen LogP contribution in [0.5, 0.6) is 5.75 Å². The summed E-state index contributed by atoms with van der Waals surface area (Å²) in [4.78, 5) is 12.0. The minimum Gasteiger partial charge on any atom is -0.486 e. The topological polar surface area (TPSA) is 47.6 Å². The molecule has 0 saturated heterocycles. The molecule has 0 aliphatic carbocycles. The largest absolute Gasteiger partial charge is 0.486 e. The maximum atomic E-state index is 13.5. The SMILES string of the molecule is O=C(NCc1ccccc1)OCC1Cc2c(cccc2-c2ccccc2C(F)(F)F)O1. The van der Waals surface area contributed by atoms with Crippen molar-refractivity contribution in [2.45, 2.75) is 25.2 Å². The van der Waals surface area contributed by atoms with E-state index in [0.717, 1.165) is 11.6 Å². The Bertz CT molecular complexity index is 1070. The number of amides is 1. The number of benzene rings is 3. The molecule has 0 bridgehead atoms. The number of carbonyl (C=O) groups excluding carboxylic acids is 1. The zero-order valence-corrected chi connectivity index (χ0v) is 16.5. The van der Waals surface area contributed by atoms with E-state index in [4.69, 9.17) is 9.47 Å². The molecular weight excluding hydrogens is 407 g/mol. The lowest BCUT2D eigenvalue weighted by molar-refractivity contribution is -0.137. The van der Waals surface area contributed by atoms with Crippen molar-refractivity contribution in [3.8, 4) is 16.9 Å². The smallest absolute Gasteiger partial charge is 0.417 e. The summed E-state index contributed by atoms with van der Waals surface area (Å²) < 4.78 is 51.5. The fraction of sp³-hybridized carbons (Fsp3) is 0.208. The van der Waals surface area contributed by atoms with Gasteiger partial charge in [-0.15, -0.1) is 0 Å². The number of ether oxygens (including phenoxy) is 2. The van der Waals surface area contributed by atoms with Gasteiger partial charge in [-0.25, -0.2) is 4.79 Å². The molecular formula is C24H20F3NO3. The molecule has 1 aliphatic rings. The molecule has 0 fully saturated rings. The van der Waals surface area contributed by atoms with Crippen LogP contribution in [-0.2, 0) is 23.9 Å². The van der Waals surface area contributed by atoms with Crippen LogP contribution in [0.1, 0.15) is 16.7 Å². The van der Waals surface area contributed by atoms with Gasteiger partial charge in [0.05, 0.1) is 5.56 Å². The molecule has 0 radical (unpaired) electrons. The Labute approximate surface area is 177 Å². The molecule has 4 rings (SSSR count). The van der Waals surface area contributed by atoms with Gasteiger partial charge >= 0.3 is 12.3 Å². The van der Waals surface area contributed by atoms with Gasteiger partial charge in [0.2, 0.25) is 0 Å². The van der Waals surface area contributed by atoms with Crippen molar-refractivity contribution in [3.05, 3.63) is 89.5 Å². The maximum absolute atomic E-state index is 13.5. The van der Waals surface area contributed by atoms with Gasteiger partial charge in [0.1, 0.15) is 18.5 Å². The highest BCUT2D eigenvalue weighted by Crippen LogP contribution is 2.42. The molecule has 1 heterocycles. The Hall–Kier alpha value is -3.48. The summed E-state index contributed by atoms with van der Waals surface area (Å²) in [5.41, 5.74) is 1.51. The summed E-state index contributed by atoms with van der Waals surface area (Å²) in [7, 11) is 0. The number of nitrogens with one attached hydrogen (secondary N) is 1. The molecule has 0 aromatic heterocycles. The van der Waals surface area contributed by atoms with E-state index in [1.807, 2.05) is 30.3 Å². The number of alkyl halides is 3. The van der Waals surface area contributed by atoms with Crippen molar-refractivity contribution < 1.29 is 27.4 Å². The first-order valence-electron chi connectivity index (χ1n) is 9.81. The van der Waals surface area contributed by atoms with Crippen molar-refractivity contribution in [3.63, 3.8) is 0 Å². The van der Waals surface area contributed by atoms with Crippen LogP contribution in [0.4, 0.5) is 18.0 Å². The van der Waals surface area contributed by atoms with Crippen LogP contribution < -0.4 is 10.1 Å². The van der Waals surface area contributed by atoms with Crippen molar-refractivity contribution in [1.82, 2.24) is 5.32 Å². The van der Waals surface area contributed by atoms with E-state index in [0.29, 0.717) is 29.8 Å². The summed E-state index contributed by atoms with van der Waals surface area (Å²) >= 11 is 0. The molecule has 1 aliphatic heterocycles. The van der Waals surface area contributed by atoms with E-state index in [-0.39, 0.29) is 12.2 Å². The monoisotopic (exact) mass is 427 g/mol. The molecule has 31 heavy (non-hydrogen) atoms. The predicted octanol–water partition coefficient (Wildman–Crippen LogP) is 5.60. The van der Waals surface area contributed by atoms with Gasteiger partial charge in [-0.2, -0.15) is 13.2 Å². The summed E-state index contributed by atoms with van der Waals surface area (Å²) in [6, 6.07) is 19.9. The van der Waals surface area contributed by atoms with E-state index in [2.05, 4.69) is 5.32 Å². The van der Waals surface area contributed by atoms with Gasteiger partial charge in [-0.3, -0.25) is 0 Å². The molecule has 1 N–H and O–H groups in total. The van der Waals surface area contributed by atoms with Crippen molar-refractivity contribution in [2.24, 2.45) is 0 Å². The highest BCUT2D eigenvalue weighted by molar-refractivity contribution is 5.74. The fourth-order valence-electron chi connectivity index (χ4n) is 3.64.